The molecule has 0 unspecified atom stereocenters. The maximum absolute atomic E-state index is 10.9. The van der Waals surface area contributed by atoms with E-state index in [1.54, 1.807) is 0 Å². The summed E-state index contributed by atoms with van der Waals surface area (Å²) < 4.78 is 5.23. The third kappa shape index (κ3) is 3.59. The molecule has 0 aliphatic carbocycles. The minimum Gasteiger partial charge on any atom is -0.486 e. The Morgan fingerprint density at radius 3 is 2.54 bits per heavy atom. The number of aryl methyl sites for hydroxylation is 1. The number of rotatable bonds is 4. The van der Waals surface area contributed by atoms with E-state index in [1.807, 2.05) is 31.2 Å². The Morgan fingerprint density at radius 2 is 2.00 bits per heavy atom. The van der Waals surface area contributed by atoms with Gasteiger partial charge in [-0.05, 0) is 19.1 Å². The maximum atomic E-state index is 10.9. The average Bonchev–Trinajstić information content (AvgIpc) is 2.16. The molecule has 13 heavy (non-hydrogen) atoms. The summed E-state index contributed by atoms with van der Waals surface area (Å²) in [5.74, 6) is 0.778. The number of ether oxygens (including phenoxy) is 1. The molecule has 0 saturated carbocycles. The van der Waals surface area contributed by atoms with Gasteiger partial charge in [-0.2, -0.15) is 0 Å². The van der Waals surface area contributed by atoms with Gasteiger partial charge in [0.25, 0.3) is 0 Å². The first kappa shape index (κ1) is 10.3. The zero-order valence-corrected chi connectivity index (χ0v) is 9.00. The first-order chi connectivity index (χ1) is 6.22. The van der Waals surface area contributed by atoms with Gasteiger partial charge in [-0.3, -0.25) is 4.79 Å². The van der Waals surface area contributed by atoms with E-state index in [-0.39, 0.29) is 12.4 Å². The van der Waals surface area contributed by atoms with Crippen molar-refractivity contribution < 1.29 is 9.53 Å². The summed E-state index contributed by atoms with van der Waals surface area (Å²) >= 11 is 3.07. The van der Waals surface area contributed by atoms with Crippen molar-refractivity contribution in [3.05, 3.63) is 29.8 Å². The lowest BCUT2D eigenvalue weighted by atomic mass is 10.2. The molecule has 1 rings (SSSR count). The Kier molecular flexibility index (Phi) is 3.96. The van der Waals surface area contributed by atoms with Crippen molar-refractivity contribution in [2.24, 2.45) is 0 Å². The number of benzene rings is 1. The first-order valence-electron chi connectivity index (χ1n) is 3.99. The molecule has 0 amide bonds. The molecular formula is C10H11BrO2. The fraction of sp³-hybridized carbons (Fsp3) is 0.300. The predicted molar refractivity (Wildman–Crippen MR) is 55.5 cm³/mol. The van der Waals surface area contributed by atoms with Gasteiger partial charge in [0.1, 0.15) is 12.4 Å². The van der Waals surface area contributed by atoms with E-state index in [2.05, 4.69) is 15.9 Å². The van der Waals surface area contributed by atoms with E-state index < -0.39 is 0 Å². The van der Waals surface area contributed by atoms with Crippen LogP contribution >= 0.6 is 15.9 Å². The topological polar surface area (TPSA) is 26.3 Å². The van der Waals surface area contributed by atoms with Gasteiger partial charge in [0.2, 0.25) is 0 Å². The van der Waals surface area contributed by atoms with Crippen LogP contribution in [0.1, 0.15) is 5.56 Å². The molecule has 0 aliphatic rings. The number of carbonyl (C=O) groups excluding carboxylic acids is 1. The highest BCUT2D eigenvalue weighted by molar-refractivity contribution is 9.09. The zero-order valence-electron chi connectivity index (χ0n) is 7.42. The van der Waals surface area contributed by atoms with Crippen molar-refractivity contribution in [2.45, 2.75) is 6.92 Å². The maximum Gasteiger partial charge on any atom is 0.180 e. The number of alkyl halides is 1. The van der Waals surface area contributed by atoms with Gasteiger partial charge in [0, 0.05) is 0 Å². The van der Waals surface area contributed by atoms with Crippen molar-refractivity contribution >= 4 is 21.7 Å². The summed E-state index contributed by atoms with van der Waals surface area (Å²) in [6, 6.07) is 7.62. The molecule has 0 bridgehead atoms. The summed E-state index contributed by atoms with van der Waals surface area (Å²) in [5.41, 5.74) is 1.18. The minimum absolute atomic E-state index is 0.0422. The van der Waals surface area contributed by atoms with Crippen LogP contribution in [0.2, 0.25) is 0 Å². The van der Waals surface area contributed by atoms with Gasteiger partial charge in [-0.1, -0.05) is 33.6 Å². The van der Waals surface area contributed by atoms with Gasteiger partial charge in [0.05, 0.1) is 5.33 Å². The van der Waals surface area contributed by atoms with Crippen molar-refractivity contribution in [1.29, 1.82) is 0 Å². The van der Waals surface area contributed by atoms with Crippen LogP contribution in [-0.2, 0) is 4.79 Å². The van der Waals surface area contributed by atoms with Crippen LogP contribution in [0.4, 0.5) is 0 Å². The third-order valence-corrected chi connectivity index (χ3v) is 2.20. The number of carbonyl (C=O) groups is 1. The number of ketones is 1. The molecule has 0 fully saturated rings. The fourth-order valence-electron chi connectivity index (χ4n) is 0.837. The molecule has 0 aromatic heterocycles. The fourth-order valence-corrected chi connectivity index (χ4v) is 0.999. The summed E-state index contributed by atoms with van der Waals surface area (Å²) in [4.78, 5) is 10.9. The predicted octanol–water partition coefficient (Wildman–Crippen LogP) is 2.34. The second kappa shape index (κ2) is 5.02. The Hall–Kier alpha value is -0.830. The van der Waals surface area contributed by atoms with Crippen molar-refractivity contribution in [2.75, 3.05) is 11.9 Å². The van der Waals surface area contributed by atoms with Crippen LogP contribution in [0.15, 0.2) is 24.3 Å². The average molecular weight is 243 g/mol. The second-order valence-corrected chi connectivity index (χ2v) is 3.33. The quantitative estimate of drug-likeness (QED) is 0.758. The van der Waals surface area contributed by atoms with Gasteiger partial charge in [-0.15, -0.1) is 0 Å². The third-order valence-electron chi connectivity index (χ3n) is 1.57. The Balaban J connectivity index is 2.46. The summed E-state index contributed by atoms with van der Waals surface area (Å²) in [7, 11) is 0. The summed E-state index contributed by atoms with van der Waals surface area (Å²) in [6.07, 6.45) is 0. The lowest BCUT2D eigenvalue weighted by Gasteiger charge is -2.03. The molecule has 2 nitrogen and oxygen atoms in total. The Morgan fingerprint density at radius 1 is 1.38 bits per heavy atom. The highest BCUT2D eigenvalue weighted by Gasteiger charge is 1.99. The van der Waals surface area contributed by atoms with Crippen molar-refractivity contribution in [3.63, 3.8) is 0 Å². The molecule has 0 heterocycles. The number of hydrogen-bond acceptors (Lipinski definition) is 2. The van der Waals surface area contributed by atoms with Crippen molar-refractivity contribution in [3.8, 4) is 5.75 Å². The van der Waals surface area contributed by atoms with Gasteiger partial charge >= 0.3 is 0 Å². The zero-order chi connectivity index (χ0) is 9.68. The summed E-state index contributed by atoms with van der Waals surface area (Å²) in [6.45, 7) is 2.14. The summed E-state index contributed by atoms with van der Waals surface area (Å²) in [5, 5.41) is 0.346. The second-order valence-electron chi connectivity index (χ2n) is 2.77. The first-order valence-corrected chi connectivity index (χ1v) is 5.11. The SMILES string of the molecule is Cc1ccc(OCC(=O)CBr)cc1. The molecule has 0 aliphatic heterocycles. The van der Waals surface area contributed by atoms with Crippen LogP contribution in [0.5, 0.6) is 5.75 Å². The molecule has 0 N–H and O–H groups in total. The smallest absolute Gasteiger partial charge is 0.180 e. The molecule has 0 radical (unpaired) electrons. The Labute approximate surface area is 86.0 Å². The van der Waals surface area contributed by atoms with Crippen LogP contribution in [0.3, 0.4) is 0 Å². The molecule has 70 valence electrons. The molecular weight excluding hydrogens is 232 g/mol. The van der Waals surface area contributed by atoms with Gasteiger partial charge in [-0.25, -0.2) is 0 Å². The van der Waals surface area contributed by atoms with E-state index in [4.69, 9.17) is 4.74 Å². The van der Waals surface area contributed by atoms with Gasteiger partial charge < -0.3 is 4.74 Å². The molecule has 1 aromatic rings. The molecule has 0 spiro atoms. The molecule has 1 aromatic carbocycles. The highest BCUT2D eigenvalue weighted by atomic mass is 79.9. The van der Waals surface area contributed by atoms with Crippen LogP contribution in [0, 0.1) is 6.92 Å². The van der Waals surface area contributed by atoms with Crippen LogP contribution in [-0.4, -0.2) is 17.7 Å². The van der Waals surface area contributed by atoms with E-state index >= 15 is 0 Å². The number of hydrogen-bond donors (Lipinski definition) is 0. The van der Waals surface area contributed by atoms with E-state index in [0.717, 1.165) is 5.75 Å². The lowest BCUT2D eigenvalue weighted by molar-refractivity contribution is -0.118. The minimum atomic E-state index is 0.0422. The van der Waals surface area contributed by atoms with E-state index in [1.165, 1.54) is 5.56 Å². The van der Waals surface area contributed by atoms with Gasteiger partial charge in [0.15, 0.2) is 5.78 Å². The van der Waals surface area contributed by atoms with Crippen LogP contribution in [0.25, 0.3) is 0 Å². The van der Waals surface area contributed by atoms with Crippen LogP contribution < -0.4 is 4.74 Å². The van der Waals surface area contributed by atoms with E-state index in [9.17, 15) is 4.79 Å². The largest absolute Gasteiger partial charge is 0.486 e. The lowest BCUT2D eigenvalue weighted by Crippen LogP contribution is -2.11. The normalized spacial score (nSPS) is 9.69. The highest BCUT2D eigenvalue weighted by Crippen LogP contribution is 2.11. The van der Waals surface area contributed by atoms with E-state index in [0.29, 0.717) is 5.33 Å². The standard InChI is InChI=1S/C10H11BrO2/c1-8-2-4-10(5-3-8)13-7-9(12)6-11/h2-5H,6-7H2,1H3. The molecule has 0 atom stereocenters. The monoisotopic (exact) mass is 242 g/mol. The molecule has 0 saturated heterocycles. The van der Waals surface area contributed by atoms with Crippen molar-refractivity contribution in [1.82, 2.24) is 0 Å². The number of Topliss-reactive ketones (excluding diaryl/α,β-unsaturated/α-hetero) is 1. The molecule has 3 heteroatoms. The number of halogens is 1. The Bertz CT molecular complexity index is 279.